The smallest absolute Gasteiger partial charge is 0.321 e. The molecule has 4 heterocycles. The highest BCUT2D eigenvalue weighted by atomic mass is 19.1. The number of hydrogen-bond acceptors (Lipinski definition) is 6. The molecular weight excluding hydrogens is 523 g/mol. The maximum absolute atomic E-state index is 14.1. The molecule has 2 saturated heterocycles. The van der Waals surface area contributed by atoms with Gasteiger partial charge in [0.2, 0.25) is 5.95 Å². The Hall–Kier alpha value is -3.86. The van der Waals surface area contributed by atoms with Crippen LogP contribution in [0, 0.1) is 5.95 Å². The maximum Gasteiger partial charge on any atom is 0.321 e. The molecular formula is C30H41FN8O2. The summed E-state index contributed by atoms with van der Waals surface area (Å²) in [7, 11) is 4.00. The summed E-state index contributed by atoms with van der Waals surface area (Å²) in [4.78, 5) is 41.4. The van der Waals surface area contributed by atoms with E-state index in [4.69, 9.17) is 0 Å². The number of aromatic nitrogens is 2. The fourth-order valence-electron chi connectivity index (χ4n) is 5.53. The minimum Gasteiger partial charge on any atom is -0.377 e. The number of amides is 3. The SMILES string of the molecule is CN1CCN(C(=O)Nc2ccc3[nH]c(C(=O)N4CCC(N(C)c5nc(F)ccc5NC(C)(C)C)CC4)cc3c2)CC1. The van der Waals surface area contributed by atoms with Crippen LogP contribution in [0.15, 0.2) is 36.4 Å². The maximum atomic E-state index is 14.1. The predicted molar refractivity (Wildman–Crippen MR) is 161 cm³/mol. The lowest BCUT2D eigenvalue weighted by Crippen LogP contribution is -2.48. The second-order valence-corrected chi connectivity index (χ2v) is 12.2. The predicted octanol–water partition coefficient (Wildman–Crippen LogP) is 4.43. The minimum atomic E-state index is -0.514. The Labute approximate surface area is 240 Å². The monoisotopic (exact) mass is 564 g/mol. The Bertz CT molecular complexity index is 1400. The topological polar surface area (TPSA) is 99.8 Å². The molecule has 0 aliphatic carbocycles. The van der Waals surface area contributed by atoms with Crippen LogP contribution in [-0.4, -0.2) is 102 Å². The molecule has 3 aromatic rings. The standard InChI is InChI=1S/C30H41FN8O2/c1-30(2,3)35-24-8-9-26(31)34-27(24)37(5)22-10-12-38(13-11-22)28(40)25-19-20-18-21(6-7-23(20)33-25)32-29(41)39-16-14-36(4)15-17-39/h6-9,18-19,22,33,35H,10-17H2,1-5H3,(H,32,41). The number of likely N-dealkylation sites (tertiary alicyclic amines) is 1. The number of H-pyrrole nitrogens is 1. The number of piperidine rings is 1. The minimum absolute atomic E-state index is 0.0516. The number of carbonyl (C=O) groups is 2. The first-order chi connectivity index (χ1) is 19.5. The molecule has 2 aliphatic heterocycles. The lowest BCUT2D eigenvalue weighted by Gasteiger charge is -2.38. The van der Waals surface area contributed by atoms with E-state index in [1.54, 1.807) is 6.07 Å². The number of anilines is 3. The highest BCUT2D eigenvalue weighted by Gasteiger charge is 2.29. The number of aromatic amines is 1. The Morgan fingerprint density at radius 1 is 1.00 bits per heavy atom. The second-order valence-electron chi connectivity index (χ2n) is 12.2. The van der Waals surface area contributed by atoms with Crippen LogP contribution < -0.4 is 15.5 Å². The number of nitrogens with one attached hydrogen (secondary N) is 3. The number of urea groups is 1. The van der Waals surface area contributed by atoms with Crippen molar-refractivity contribution in [1.82, 2.24) is 24.7 Å². The van der Waals surface area contributed by atoms with Gasteiger partial charge in [0.1, 0.15) is 5.69 Å². The highest BCUT2D eigenvalue weighted by Crippen LogP contribution is 2.30. The molecule has 0 radical (unpaired) electrons. The lowest BCUT2D eigenvalue weighted by molar-refractivity contribution is 0.0708. The van der Waals surface area contributed by atoms with Gasteiger partial charge in [-0.2, -0.15) is 4.39 Å². The number of carbonyl (C=O) groups excluding carboxylic acids is 2. The Morgan fingerprint density at radius 3 is 2.39 bits per heavy atom. The number of nitrogens with zero attached hydrogens (tertiary/aromatic N) is 5. The van der Waals surface area contributed by atoms with E-state index >= 15 is 0 Å². The first-order valence-corrected chi connectivity index (χ1v) is 14.3. The summed E-state index contributed by atoms with van der Waals surface area (Å²) in [5.41, 5.74) is 2.67. The molecule has 2 aliphatic rings. The number of hydrogen-bond donors (Lipinski definition) is 3. The van der Waals surface area contributed by atoms with Crippen LogP contribution in [0.2, 0.25) is 0 Å². The number of likely N-dealkylation sites (N-methyl/N-ethyl adjacent to an activating group) is 1. The third-order valence-corrected chi connectivity index (χ3v) is 7.88. The number of halogens is 1. The van der Waals surface area contributed by atoms with Gasteiger partial charge in [-0.15, -0.1) is 0 Å². The van der Waals surface area contributed by atoms with E-state index < -0.39 is 5.95 Å². The summed E-state index contributed by atoms with van der Waals surface area (Å²) in [6.07, 6.45) is 1.50. The van der Waals surface area contributed by atoms with Gasteiger partial charge in [0.25, 0.3) is 5.91 Å². The number of rotatable bonds is 5. The van der Waals surface area contributed by atoms with Gasteiger partial charge in [-0.1, -0.05) is 0 Å². The van der Waals surface area contributed by atoms with Crippen LogP contribution in [0.25, 0.3) is 10.9 Å². The van der Waals surface area contributed by atoms with Crippen LogP contribution >= 0.6 is 0 Å². The van der Waals surface area contributed by atoms with Gasteiger partial charge >= 0.3 is 6.03 Å². The van der Waals surface area contributed by atoms with Gasteiger partial charge in [0, 0.05) is 74.5 Å². The Kier molecular flexibility index (Phi) is 8.08. The van der Waals surface area contributed by atoms with Gasteiger partial charge < -0.3 is 35.2 Å². The van der Waals surface area contributed by atoms with Gasteiger partial charge in [-0.25, -0.2) is 9.78 Å². The molecule has 0 spiro atoms. The molecule has 1 aromatic carbocycles. The van der Waals surface area contributed by atoms with Crippen molar-refractivity contribution in [3.05, 3.63) is 48.0 Å². The van der Waals surface area contributed by atoms with E-state index in [2.05, 4.69) is 53.3 Å². The second kappa shape index (κ2) is 11.6. The molecule has 3 N–H and O–H groups in total. The number of fused-ring (bicyclic) bond motifs is 1. The van der Waals surface area contributed by atoms with Crippen molar-refractivity contribution in [3.8, 4) is 0 Å². The van der Waals surface area contributed by atoms with E-state index in [0.717, 1.165) is 42.5 Å². The first kappa shape index (κ1) is 28.7. The zero-order chi connectivity index (χ0) is 29.3. The van der Waals surface area contributed by atoms with Gasteiger partial charge in [-0.05, 0) is 77.1 Å². The molecule has 2 aromatic heterocycles. The zero-order valence-electron chi connectivity index (χ0n) is 24.6. The van der Waals surface area contributed by atoms with Crippen molar-refractivity contribution in [1.29, 1.82) is 0 Å². The summed E-state index contributed by atoms with van der Waals surface area (Å²) in [5, 5.41) is 7.29. The average molecular weight is 565 g/mol. The fourth-order valence-corrected chi connectivity index (χ4v) is 5.53. The molecule has 0 unspecified atom stereocenters. The van der Waals surface area contributed by atoms with Gasteiger partial charge in [0.05, 0.1) is 5.69 Å². The van der Waals surface area contributed by atoms with Gasteiger partial charge in [0.15, 0.2) is 5.82 Å². The van der Waals surface area contributed by atoms with Crippen LogP contribution in [0.3, 0.4) is 0 Å². The summed E-state index contributed by atoms with van der Waals surface area (Å²) in [5.74, 6) is 0.0138. The van der Waals surface area contributed by atoms with Crippen molar-refractivity contribution in [2.24, 2.45) is 0 Å². The third kappa shape index (κ3) is 6.73. The van der Waals surface area contributed by atoms with E-state index in [1.807, 2.05) is 46.0 Å². The van der Waals surface area contributed by atoms with Crippen LogP contribution in [0.5, 0.6) is 0 Å². The van der Waals surface area contributed by atoms with E-state index in [1.165, 1.54) is 6.07 Å². The number of benzene rings is 1. The first-order valence-electron chi connectivity index (χ1n) is 14.3. The normalized spacial score (nSPS) is 17.1. The Morgan fingerprint density at radius 2 is 1.71 bits per heavy atom. The molecule has 220 valence electrons. The van der Waals surface area contributed by atoms with Gasteiger partial charge in [-0.3, -0.25) is 4.79 Å². The van der Waals surface area contributed by atoms with Crippen LogP contribution in [0.4, 0.5) is 26.4 Å². The zero-order valence-corrected chi connectivity index (χ0v) is 24.6. The van der Waals surface area contributed by atoms with E-state index in [0.29, 0.717) is 43.4 Å². The molecule has 5 rings (SSSR count). The fraction of sp³-hybridized carbons (Fsp3) is 0.500. The highest BCUT2D eigenvalue weighted by molar-refractivity contribution is 5.99. The Balaban J connectivity index is 1.21. The summed E-state index contributed by atoms with van der Waals surface area (Å²) in [6.45, 7) is 10.5. The molecule has 3 amide bonds. The van der Waals surface area contributed by atoms with Crippen molar-refractivity contribution in [3.63, 3.8) is 0 Å². The van der Waals surface area contributed by atoms with E-state index in [-0.39, 0.29) is 23.5 Å². The van der Waals surface area contributed by atoms with E-state index in [9.17, 15) is 14.0 Å². The number of piperazine rings is 1. The third-order valence-electron chi connectivity index (χ3n) is 7.88. The largest absolute Gasteiger partial charge is 0.377 e. The quantitative estimate of drug-likeness (QED) is 0.397. The summed E-state index contributed by atoms with van der Waals surface area (Å²) < 4.78 is 14.1. The molecule has 0 bridgehead atoms. The molecule has 0 saturated carbocycles. The average Bonchev–Trinajstić information content (AvgIpc) is 3.36. The number of pyridine rings is 1. The van der Waals surface area contributed by atoms with Crippen LogP contribution in [0.1, 0.15) is 44.1 Å². The summed E-state index contributed by atoms with van der Waals surface area (Å²) in [6, 6.07) is 10.6. The molecule has 10 nitrogen and oxygen atoms in total. The van der Waals surface area contributed by atoms with Crippen molar-refractivity contribution < 1.29 is 14.0 Å². The molecule has 11 heteroatoms. The lowest BCUT2D eigenvalue weighted by atomic mass is 10.0. The van der Waals surface area contributed by atoms with Crippen LogP contribution in [-0.2, 0) is 0 Å². The van der Waals surface area contributed by atoms with Crippen molar-refractivity contribution >= 4 is 40.0 Å². The molecule has 0 atom stereocenters. The molecule has 2 fully saturated rings. The van der Waals surface area contributed by atoms with Crippen molar-refractivity contribution in [2.75, 3.05) is 68.9 Å². The molecule has 41 heavy (non-hydrogen) atoms. The van der Waals surface area contributed by atoms with Crippen molar-refractivity contribution in [2.45, 2.75) is 45.2 Å². The summed E-state index contributed by atoms with van der Waals surface area (Å²) >= 11 is 0.